The van der Waals surface area contributed by atoms with Crippen molar-refractivity contribution in [3.63, 3.8) is 0 Å². The molecule has 0 bridgehead atoms. The summed E-state index contributed by atoms with van der Waals surface area (Å²) in [5.74, 6) is -0.279. The predicted octanol–water partition coefficient (Wildman–Crippen LogP) is 2.07. The van der Waals surface area contributed by atoms with Crippen molar-refractivity contribution in [1.29, 1.82) is 0 Å². The Hall–Kier alpha value is -3.46. The lowest BCUT2D eigenvalue weighted by atomic mass is 10.1. The number of nitrogens with zero attached hydrogens (tertiary/aromatic N) is 4. The highest BCUT2D eigenvalue weighted by molar-refractivity contribution is 7.99. The van der Waals surface area contributed by atoms with E-state index in [-0.39, 0.29) is 22.4 Å². The zero-order valence-electron chi connectivity index (χ0n) is 14.6. The maximum Gasteiger partial charge on any atom is 0.277 e. The quantitative estimate of drug-likeness (QED) is 0.498. The number of aromatic nitrogens is 4. The van der Waals surface area contributed by atoms with E-state index >= 15 is 0 Å². The van der Waals surface area contributed by atoms with Crippen LogP contribution in [0, 0.1) is 0 Å². The van der Waals surface area contributed by atoms with Gasteiger partial charge in [-0.1, -0.05) is 60.3 Å². The molecule has 28 heavy (non-hydrogen) atoms. The number of primary amides is 1. The van der Waals surface area contributed by atoms with Crippen molar-refractivity contribution in [3.05, 3.63) is 70.5 Å². The smallest absolute Gasteiger partial charge is 0.277 e. The molecule has 0 unspecified atom stereocenters. The second-order valence-electron chi connectivity index (χ2n) is 5.97. The SMILES string of the molecule is NC(=O)CSc1nnc(-c2nn(Cc3ccccc3)c(=O)c3ccccc23)o1. The zero-order chi connectivity index (χ0) is 19.5. The van der Waals surface area contributed by atoms with E-state index in [1.54, 1.807) is 18.2 Å². The van der Waals surface area contributed by atoms with Crippen LogP contribution >= 0.6 is 11.8 Å². The summed E-state index contributed by atoms with van der Waals surface area (Å²) in [4.78, 5) is 23.8. The van der Waals surface area contributed by atoms with Gasteiger partial charge in [0.05, 0.1) is 17.7 Å². The Morgan fingerprint density at radius 2 is 1.75 bits per heavy atom. The summed E-state index contributed by atoms with van der Waals surface area (Å²) in [6.45, 7) is 0.314. The molecule has 2 aromatic heterocycles. The van der Waals surface area contributed by atoms with Gasteiger partial charge >= 0.3 is 0 Å². The van der Waals surface area contributed by atoms with Crippen molar-refractivity contribution in [2.24, 2.45) is 5.73 Å². The first-order chi connectivity index (χ1) is 13.6. The fraction of sp³-hybridized carbons (Fsp3) is 0.105. The number of fused-ring (bicyclic) bond motifs is 1. The van der Waals surface area contributed by atoms with Crippen molar-refractivity contribution < 1.29 is 9.21 Å². The van der Waals surface area contributed by atoms with Gasteiger partial charge < -0.3 is 10.2 Å². The zero-order valence-corrected chi connectivity index (χ0v) is 15.4. The number of carbonyl (C=O) groups is 1. The van der Waals surface area contributed by atoms with Crippen LogP contribution in [0.5, 0.6) is 0 Å². The van der Waals surface area contributed by atoms with Crippen LogP contribution in [0.1, 0.15) is 5.56 Å². The molecule has 4 aromatic rings. The van der Waals surface area contributed by atoms with Gasteiger partial charge in [0.15, 0.2) is 5.69 Å². The highest BCUT2D eigenvalue weighted by Gasteiger charge is 2.18. The monoisotopic (exact) mass is 393 g/mol. The molecule has 4 rings (SSSR count). The van der Waals surface area contributed by atoms with Crippen LogP contribution in [0.4, 0.5) is 0 Å². The minimum Gasteiger partial charge on any atom is -0.409 e. The number of hydrogen-bond acceptors (Lipinski definition) is 7. The minimum atomic E-state index is -0.482. The van der Waals surface area contributed by atoms with E-state index < -0.39 is 5.91 Å². The van der Waals surface area contributed by atoms with Gasteiger partial charge in [-0.05, 0) is 11.6 Å². The summed E-state index contributed by atoms with van der Waals surface area (Å²) in [5, 5.41) is 13.8. The largest absolute Gasteiger partial charge is 0.409 e. The Morgan fingerprint density at radius 1 is 1.04 bits per heavy atom. The minimum absolute atomic E-state index is 0.0311. The number of carbonyl (C=O) groups excluding carboxylic acids is 1. The van der Waals surface area contributed by atoms with Crippen molar-refractivity contribution in [1.82, 2.24) is 20.0 Å². The second kappa shape index (κ2) is 7.65. The van der Waals surface area contributed by atoms with Crippen LogP contribution in [-0.4, -0.2) is 31.6 Å². The fourth-order valence-electron chi connectivity index (χ4n) is 2.75. The molecule has 0 radical (unpaired) electrons. The molecule has 0 saturated heterocycles. The Labute approximate surface area is 163 Å². The van der Waals surface area contributed by atoms with Crippen molar-refractivity contribution in [2.75, 3.05) is 5.75 Å². The summed E-state index contributed by atoms with van der Waals surface area (Å²) in [6, 6.07) is 16.7. The molecule has 2 heterocycles. The maximum atomic E-state index is 12.9. The molecular formula is C19H15N5O3S. The van der Waals surface area contributed by atoms with Gasteiger partial charge in [0.25, 0.3) is 16.7 Å². The molecular weight excluding hydrogens is 378 g/mol. The number of benzene rings is 2. The molecule has 0 saturated carbocycles. The first-order valence-electron chi connectivity index (χ1n) is 8.40. The third kappa shape index (κ3) is 3.65. The van der Waals surface area contributed by atoms with Crippen LogP contribution in [0.2, 0.25) is 0 Å². The molecule has 8 nitrogen and oxygen atoms in total. The van der Waals surface area contributed by atoms with Crippen LogP contribution < -0.4 is 11.3 Å². The first kappa shape index (κ1) is 17.9. The Morgan fingerprint density at radius 3 is 2.50 bits per heavy atom. The van der Waals surface area contributed by atoms with Crippen LogP contribution in [-0.2, 0) is 11.3 Å². The number of hydrogen-bond donors (Lipinski definition) is 1. The van der Waals surface area contributed by atoms with Gasteiger partial charge in [-0.3, -0.25) is 9.59 Å². The number of amides is 1. The van der Waals surface area contributed by atoms with Crippen LogP contribution in [0.15, 0.2) is 69.0 Å². The molecule has 2 N–H and O–H groups in total. The third-order valence-electron chi connectivity index (χ3n) is 3.99. The normalized spacial score (nSPS) is 11.0. The van der Waals surface area contributed by atoms with E-state index in [1.807, 2.05) is 36.4 Å². The van der Waals surface area contributed by atoms with Crippen LogP contribution in [0.3, 0.4) is 0 Å². The molecule has 9 heteroatoms. The molecule has 0 spiro atoms. The summed E-state index contributed by atoms with van der Waals surface area (Å²) in [5.41, 5.74) is 6.29. The molecule has 2 aromatic carbocycles. The van der Waals surface area contributed by atoms with Crippen molar-refractivity contribution >= 4 is 28.4 Å². The summed E-state index contributed by atoms with van der Waals surface area (Å²) >= 11 is 1.05. The van der Waals surface area contributed by atoms with E-state index in [0.29, 0.717) is 23.0 Å². The highest BCUT2D eigenvalue weighted by atomic mass is 32.2. The molecule has 1 amide bonds. The third-order valence-corrected chi connectivity index (χ3v) is 4.83. The number of thioether (sulfide) groups is 1. The van der Waals surface area contributed by atoms with Crippen molar-refractivity contribution in [2.45, 2.75) is 11.8 Å². The Balaban J connectivity index is 1.80. The molecule has 0 aliphatic carbocycles. The van der Waals surface area contributed by atoms with Crippen LogP contribution in [0.25, 0.3) is 22.4 Å². The van der Waals surface area contributed by atoms with Gasteiger partial charge in [0.1, 0.15) is 0 Å². The average molecular weight is 393 g/mol. The standard InChI is InChI=1S/C19H15N5O3S/c20-15(25)11-28-19-22-21-17(27-19)16-13-8-4-5-9-14(13)18(26)24(23-16)10-12-6-2-1-3-7-12/h1-9H,10-11H2,(H2,20,25). The van der Waals surface area contributed by atoms with Gasteiger partial charge in [-0.2, -0.15) is 5.10 Å². The molecule has 0 atom stereocenters. The molecule has 0 fully saturated rings. The first-order valence-corrected chi connectivity index (χ1v) is 9.39. The molecule has 0 aliphatic heterocycles. The van der Waals surface area contributed by atoms with Crippen molar-refractivity contribution in [3.8, 4) is 11.6 Å². The lowest BCUT2D eigenvalue weighted by Gasteiger charge is -2.09. The van der Waals surface area contributed by atoms with E-state index in [2.05, 4.69) is 15.3 Å². The highest BCUT2D eigenvalue weighted by Crippen LogP contribution is 2.26. The predicted molar refractivity (Wildman–Crippen MR) is 105 cm³/mol. The summed E-state index contributed by atoms with van der Waals surface area (Å²) in [6.07, 6.45) is 0. The van der Waals surface area contributed by atoms with Gasteiger partial charge in [0.2, 0.25) is 5.91 Å². The summed E-state index contributed by atoms with van der Waals surface area (Å²) in [7, 11) is 0. The van der Waals surface area contributed by atoms with E-state index in [9.17, 15) is 9.59 Å². The number of rotatable bonds is 6. The fourth-order valence-corrected chi connectivity index (χ4v) is 3.26. The average Bonchev–Trinajstić information content (AvgIpc) is 3.18. The Kier molecular flexibility index (Phi) is 4.90. The lowest BCUT2D eigenvalue weighted by molar-refractivity contribution is -0.115. The van der Waals surface area contributed by atoms with E-state index in [1.165, 1.54) is 4.68 Å². The number of nitrogens with two attached hydrogens (primary N) is 1. The summed E-state index contributed by atoms with van der Waals surface area (Å²) < 4.78 is 7.01. The maximum absolute atomic E-state index is 12.9. The molecule has 140 valence electrons. The van der Waals surface area contributed by atoms with Gasteiger partial charge in [-0.25, -0.2) is 4.68 Å². The van der Waals surface area contributed by atoms with E-state index in [4.69, 9.17) is 10.2 Å². The molecule has 0 aliphatic rings. The lowest BCUT2D eigenvalue weighted by Crippen LogP contribution is -2.24. The second-order valence-corrected chi connectivity index (χ2v) is 6.90. The van der Waals surface area contributed by atoms with E-state index in [0.717, 1.165) is 17.3 Å². The topological polar surface area (TPSA) is 117 Å². The Bertz CT molecular complexity index is 1200. The van der Waals surface area contributed by atoms with Gasteiger partial charge in [0, 0.05) is 5.39 Å². The van der Waals surface area contributed by atoms with Gasteiger partial charge in [-0.15, -0.1) is 10.2 Å².